The van der Waals surface area contributed by atoms with E-state index in [1.807, 2.05) is 0 Å². The third-order valence-electron chi connectivity index (χ3n) is 2.18. The van der Waals surface area contributed by atoms with Crippen molar-refractivity contribution in [2.75, 3.05) is 0 Å². The topological polar surface area (TPSA) is 0 Å². The average molecular weight is 154 g/mol. The number of terminal acetylenes is 1. The Morgan fingerprint density at radius 3 is 1.18 bits per heavy atom. The fraction of sp³-hybridized carbons (Fsp3) is 0.818. The van der Waals surface area contributed by atoms with Crippen LogP contribution in [0.1, 0.15) is 41.0 Å². The van der Waals surface area contributed by atoms with E-state index in [2.05, 4.69) is 47.5 Å². The molecule has 0 aliphatic heterocycles. The summed E-state index contributed by atoms with van der Waals surface area (Å²) in [5.41, 5.74) is 0. The summed E-state index contributed by atoms with van der Waals surface area (Å²) in [4.78, 5) is 0. The smallest absolute Gasteiger partial charge is 0.0371 e. The Morgan fingerprint density at radius 2 is 1.18 bits per heavy atom. The van der Waals surface area contributed by atoms with Crippen LogP contribution in [0.3, 0.4) is 0 Å². The number of rotatable bonds is 3. The van der Waals surface area contributed by atoms with Crippen LogP contribution in [0.15, 0.2) is 0 Å². The Bertz CT molecular complexity index is 79.5. The minimum absolute atomic E-state index is 0.856. The lowest BCUT2D eigenvalue weighted by atomic mass is 9.84. The van der Waals surface area contributed by atoms with Crippen LogP contribution in [0.25, 0.3) is 0 Å². The van der Waals surface area contributed by atoms with Crippen LogP contribution >= 0.6 is 0 Å². The Morgan fingerprint density at radius 1 is 0.909 bits per heavy atom. The van der Waals surface area contributed by atoms with Gasteiger partial charge in [0.05, 0.1) is 0 Å². The molecule has 0 N–H and O–H groups in total. The van der Waals surface area contributed by atoms with E-state index in [4.69, 9.17) is 0 Å². The summed E-state index contributed by atoms with van der Waals surface area (Å²) >= 11 is 0. The molecule has 0 aromatic heterocycles. The zero-order valence-electron chi connectivity index (χ0n) is 8.59. The van der Waals surface area contributed by atoms with Crippen LogP contribution in [0.4, 0.5) is 0 Å². The van der Waals surface area contributed by atoms with Crippen molar-refractivity contribution in [2.24, 2.45) is 17.8 Å². The summed E-state index contributed by atoms with van der Waals surface area (Å²) < 4.78 is 0. The Labute approximate surface area is 72.4 Å². The van der Waals surface area contributed by atoms with E-state index in [1.54, 1.807) is 0 Å². The van der Waals surface area contributed by atoms with E-state index in [1.165, 1.54) is 6.42 Å². The minimum atomic E-state index is 0.856. The molecule has 0 saturated heterocycles. The maximum atomic E-state index is 4.00. The molecule has 0 saturated carbocycles. The summed E-state index contributed by atoms with van der Waals surface area (Å²) in [5, 5.41) is 0. The standard InChI is InChI=1S/C9H20.C2H2/c1-6-9(7(2)3)8(4)5;1-2/h7-9H,6H2,1-5H3;1-2H. The van der Waals surface area contributed by atoms with Crippen molar-refractivity contribution in [1.82, 2.24) is 0 Å². The Hall–Kier alpha value is -0.440. The summed E-state index contributed by atoms with van der Waals surface area (Å²) in [6.07, 6.45) is 9.33. The molecule has 0 nitrogen and oxygen atoms in total. The van der Waals surface area contributed by atoms with Gasteiger partial charge in [0, 0.05) is 0 Å². The van der Waals surface area contributed by atoms with Gasteiger partial charge in [-0.2, -0.15) is 0 Å². The Kier molecular flexibility index (Phi) is 9.18. The van der Waals surface area contributed by atoms with E-state index in [9.17, 15) is 0 Å². The van der Waals surface area contributed by atoms with Crippen LogP contribution in [-0.4, -0.2) is 0 Å². The molecule has 0 spiro atoms. The van der Waals surface area contributed by atoms with Crippen LogP contribution in [0.5, 0.6) is 0 Å². The lowest BCUT2D eigenvalue weighted by Gasteiger charge is -2.22. The first-order valence-electron chi connectivity index (χ1n) is 4.42. The first kappa shape index (κ1) is 13.2. The maximum absolute atomic E-state index is 4.00. The van der Waals surface area contributed by atoms with Gasteiger partial charge in [-0.1, -0.05) is 41.0 Å². The first-order chi connectivity index (χ1) is 5.09. The molecule has 0 aliphatic rings. The van der Waals surface area contributed by atoms with Crippen molar-refractivity contribution in [1.29, 1.82) is 0 Å². The van der Waals surface area contributed by atoms with Crippen LogP contribution < -0.4 is 0 Å². The fourth-order valence-electron chi connectivity index (χ4n) is 1.71. The molecule has 66 valence electrons. The van der Waals surface area contributed by atoms with Crippen molar-refractivity contribution in [2.45, 2.75) is 41.0 Å². The van der Waals surface area contributed by atoms with Gasteiger partial charge in [0.25, 0.3) is 0 Å². The molecule has 0 atom stereocenters. The molecule has 0 fully saturated rings. The van der Waals surface area contributed by atoms with Gasteiger partial charge in [-0.3, -0.25) is 0 Å². The van der Waals surface area contributed by atoms with Gasteiger partial charge in [-0.05, 0) is 17.8 Å². The molecule has 0 aromatic rings. The fourth-order valence-corrected chi connectivity index (χ4v) is 1.71. The second-order valence-electron chi connectivity index (χ2n) is 3.56. The second-order valence-corrected chi connectivity index (χ2v) is 3.56. The van der Waals surface area contributed by atoms with E-state index in [0.717, 1.165) is 17.8 Å². The normalized spacial score (nSPS) is 10.0. The van der Waals surface area contributed by atoms with Gasteiger partial charge in [0.1, 0.15) is 0 Å². The average Bonchev–Trinajstić information content (AvgIpc) is 1.91. The van der Waals surface area contributed by atoms with Crippen molar-refractivity contribution in [3.05, 3.63) is 0 Å². The third-order valence-corrected chi connectivity index (χ3v) is 2.18. The van der Waals surface area contributed by atoms with Gasteiger partial charge in [0.2, 0.25) is 0 Å². The number of hydrogen-bond donors (Lipinski definition) is 0. The predicted molar refractivity (Wildman–Crippen MR) is 53.3 cm³/mol. The molecule has 0 heterocycles. The summed E-state index contributed by atoms with van der Waals surface area (Å²) in [7, 11) is 0. The van der Waals surface area contributed by atoms with Crippen molar-refractivity contribution >= 4 is 0 Å². The van der Waals surface area contributed by atoms with Crippen LogP contribution in [-0.2, 0) is 0 Å². The highest BCUT2D eigenvalue weighted by Gasteiger charge is 2.13. The molecule has 0 bridgehead atoms. The lowest BCUT2D eigenvalue weighted by Crippen LogP contribution is -2.13. The maximum Gasteiger partial charge on any atom is -0.0371 e. The molecular formula is C11H22. The van der Waals surface area contributed by atoms with E-state index < -0.39 is 0 Å². The number of hydrogen-bond acceptors (Lipinski definition) is 0. The highest BCUT2D eigenvalue weighted by Crippen LogP contribution is 2.22. The summed E-state index contributed by atoms with van der Waals surface area (Å²) in [5.74, 6) is 2.63. The molecular weight excluding hydrogens is 132 g/mol. The van der Waals surface area contributed by atoms with E-state index >= 15 is 0 Å². The Balaban J connectivity index is 0. The van der Waals surface area contributed by atoms with Gasteiger partial charge in [0.15, 0.2) is 0 Å². The molecule has 0 radical (unpaired) electrons. The first-order valence-corrected chi connectivity index (χ1v) is 4.42. The molecule has 0 unspecified atom stereocenters. The highest BCUT2D eigenvalue weighted by molar-refractivity contribution is 4.63. The van der Waals surface area contributed by atoms with Gasteiger partial charge in [-0.25, -0.2) is 0 Å². The monoisotopic (exact) mass is 154 g/mol. The van der Waals surface area contributed by atoms with Gasteiger partial charge < -0.3 is 0 Å². The van der Waals surface area contributed by atoms with Crippen LogP contribution in [0.2, 0.25) is 0 Å². The van der Waals surface area contributed by atoms with Crippen molar-refractivity contribution < 1.29 is 0 Å². The van der Waals surface area contributed by atoms with Crippen molar-refractivity contribution in [3.63, 3.8) is 0 Å². The molecule has 0 aliphatic carbocycles. The predicted octanol–water partition coefficient (Wildman–Crippen LogP) is 3.57. The molecule has 11 heavy (non-hydrogen) atoms. The van der Waals surface area contributed by atoms with Gasteiger partial charge in [-0.15, -0.1) is 12.8 Å². The summed E-state index contributed by atoms with van der Waals surface area (Å²) in [6, 6.07) is 0. The largest absolute Gasteiger partial charge is 0.124 e. The lowest BCUT2D eigenvalue weighted by molar-refractivity contribution is 0.279. The van der Waals surface area contributed by atoms with E-state index in [-0.39, 0.29) is 0 Å². The minimum Gasteiger partial charge on any atom is -0.124 e. The molecule has 0 aromatic carbocycles. The van der Waals surface area contributed by atoms with Crippen molar-refractivity contribution in [3.8, 4) is 12.8 Å². The second kappa shape index (κ2) is 7.66. The zero-order valence-corrected chi connectivity index (χ0v) is 8.59. The molecule has 0 amide bonds. The molecule has 0 rings (SSSR count). The highest BCUT2D eigenvalue weighted by atomic mass is 14.2. The molecule has 0 heteroatoms. The summed E-state index contributed by atoms with van der Waals surface area (Å²) in [6.45, 7) is 11.5. The van der Waals surface area contributed by atoms with E-state index in [0.29, 0.717) is 0 Å². The quantitative estimate of drug-likeness (QED) is 0.545. The van der Waals surface area contributed by atoms with Crippen LogP contribution in [0, 0.1) is 30.6 Å². The third kappa shape index (κ3) is 5.98. The zero-order chi connectivity index (χ0) is 9.44. The SMILES string of the molecule is C#C.CCC(C(C)C)C(C)C. The van der Waals surface area contributed by atoms with Gasteiger partial charge >= 0.3 is 0 Å².